The van der Waals surface area contributed by atoms with E-state index in [4.69, 9.17) is 4.74 Å². The highest BCUT2D eigenvalue weighted by atomic mass is 32.1. The van der Waals surface area contributed by atoms with Gasteiger partial charge in [-0.3, -0.25) is 10.1 Å². The molecule has 130 valence electrons. The molecule has 7 heteroatoms. The number of hydrogen-bond acceptors (Lipinski definition) is 5. The van der Waals surface area contributed by atoms with Crippen molar-refractivity contribution < 1.29 is 19.1 Å². The minimum absolute atomic E-state index is 0.118. The molecule has 0 spiro atoms. The van der Waals surface area contributed by atoms with E-state index in [0.717, 1.165) is 36.1 Å². The van der Waals surface area contributed by atoms with Crippen molar-refractivity contribution >= 4 is 35.3 Å². The Bertz CT molecular complexity index is 632. The molecule has 0 aromatic carbocycles. The molecule has 1 fully saturated rings. The van der Waals surface area contributed by atoms with E-state index in [-0.39, 0.29) is 6.04 Å². The van der Waals surface area contributed by atoms with Gasteiger partial charge in [0.1, 0.15) is 0 Å². The summed E-state index contributed by atoms with van der Waals surface area (Å²) in [6, 6.07) is 1.53. The van der Waals surface area contributed by atoms with E-state index in [1.807, 2.05) is 18.4 Å². The maximum Gasteiger partial charge on any atom is 0.331 e. The fraction of sp³-hybridized carbons (Fsp3) is 0.471. The molecule has 0 bridgehead atoms. The van der Waals surface area contributed by atoms with Crippen molar-refractivity contribution in [3.05, 3.63) is 28.0 Å². The maximum atomic E-state index is 11.9. The van der Waals surface area contributed by atoms with E-state index < -0.39 is 24.0 Å². The molecule has 24 heavy (non-hydrogen) atoms. The molecule has 1 aliphatic rings. The smallest absolute Gasteiger partial charge is 0.331 e. The Labute approximate surface area is 145 Å². The molecule has 1 heterocycles. The molecule has 0 unspecified atom stereocenters. The standard InChI is InChI=1S/C17H22N2O4S/c1-11-9-10-24-14(11)7-8-15(20)23-12(2)16(21)19-17(22)18-13-5-3-4-6-13/h7-10,12-13H,3-6H2,1-2H3,(H2,18,19,21,22)/b8-7+/t12-/m1/s1. The quantitative estimate of drug-likeness (QED) is 0.632. The van der Waals surface area contributed by atoms with Crippen molar-refractivity contribution in [1.29, 1.82) is 0 Å². The Hall–Kier alpha value is -2.15. The molecule has 1 aromatic rings. The minimum Gasteiger partial charge on any atom is -0.449 e. The summed E-state index contributed by atoms with van der Waals surface area (Å²) >= 11 is 1.51. The molecule has 1 atom stereocenters. The lowest BCUT2D eigenvalue weighted by molar-refractivity contribution is -0.149. The zero-order chi connectivity index (χ0) is 17.5. The number of carbonyl (C=O) groups excluding carboxylic acids is 3. The summed E-state index contributed by atoms with van der Waals surface area (Å²) in [5, 5.41) is 6.88. The van der Waals surface area contributed by atoms with Gasteiger partial charge in [-0.05, 0) is 49.8 Å². The lowest BCUT2D eigenvalue weighted by Gasteiger charge is -2.15. The second-order valence-corrected chi connectivity index (χ2v) is 6.77. The SMILES string of the molecule is Cc1ccsc1/C=C/C(=O)O[C@H](C)C(=O)NC(=O)NC1CCCC1. The van der Waals surface area contributed by atoms with Gasteiger partial charge in [-0.1, -0.05) is 12.8 Å². The molecule has 2 rings (SSSR count). The average molecular weight is 350 g/mol. The van der Waals surface area contributed by atoms with Crippen LogP contribution in [0.4, 0.5) is 4.79 Å². The zero-order valence-corrected chi connectivity index (χ0v) is 14.7. The fourth-order valence-corrected chi connectivity index (χ4v) is 3.29. The second-order valence-electron chi connectivity index (χ2n) is 5.82. The number of nitrogens with one attached hydrogen (secondary N) is 2. The van der Waals surface area contributed by atoms with Crippen LogP contribution in [0, 0.1) is 6.92 Å². The number of aryl methyl sites for hydroxylation is 1. The normalized spacial score (nSPS) is 16.1. The van der Waals surface area contributed by atoms with E-state index in [1.165, 1.54) is 24.3 Å². The lowest BCUT2D eigenvalue weighted by atomic mass is 10.2. The van der Waals surface area contributed by atoms with Gasteiger partial charge in [0, 0.05) is 17.0 Å². The van der Waals surface area contributed by atoms with Crippen LogP contribution in [0.15, 0.2) is 17.5 Å². The number of rotatable bonds is 5. The first-order valence-electron chi connectivity index (χ1n) is 8.00. The van der Waals surface area contributed by atoms with Gasteiger partial charge in [0.25, 0.3) is 5.91 Å². The number of hydrogen-bond donors (Lipinski definition) is 2. The third-order valence-electron chi connectivity index (χ3n) is 3.86. The van der Waals surface area contributed by atoms with Crippen molar-refractivity contribution in [2.45, 2.75) is 51.7 Å². The van der Waals surface area contributed by atoms with Crippen LogP contribution in [0.25, 0.3) is 6.08 Å². The molecule has 0 radical (unpaired) electrons. The molecule has 3 amide bonds. The van der Waals surface area contributed by atoms with Crippen molar-refractivity contribution in [2.24, 2.45) is 0 Å². The van der Waals surface area contributed by atoms with Crippen LogP contribution in [0.5, 0.6) is 0 Å². The van der Waals surface area contributed by atoms with Crippen LogP contribution < -0.4 is 10.6 Å². The Morgan fingerprint density at radius 2 is 2.04 bits per heavy atom. The zero-order valence-electron chi connectivity index (χ0n) is 13.8. The number of amides is 3. The molecule has 0 aliphatic heterocycles. The molecular formula is C17H22N2O4S. The molecule has 1 saturated carbocycles. The number of esters is 1. The van der Waals surface area contributed by atoms with E-state index >= 15 is 0 Å². The van der Waals surface area contributed by atoms with Crippen molar-refractivity contribution in [1.82, 2.24) is 10.6 Å². The van der Waals surface area contributed by atoms with Gasteiger partial charge in [-0.15, -0.1) is 11.3 Å². The Morgan fingerprint density at radius 3 is 2.67 bits per heavy atom. The van der Waals surface area contributed by atoms with E-state index in [1.54, 1.807) is 6.08 Å². The Kier molecular flexibility index (Phi) is 6.54. The lowest BCUT2D eigenvalue weighted by Crippen LogP contribution is -2.47. The van der Waals surface area contributed by atoms with Crippen molar-refractivity contribution in [3.8, 4) is 0 Å². The van der Waals surface area contributed by atoms with Crippen LogP contribution in [0.3, 0.4) is 0 Å². The molecule has 1 aliphatic carbocycles. The third kappa shape index (κ3) is 5.49. The molecule has 1 aromatic heterocycles. The molecule has 2 N–H and O–H groups in total. The first-order valence-corrected chi connectivity index (χ1v) is 8.88. The van der Waals surface area contributed by atoms with E-state index in [2.05, 4.69) is 10.6 Å². The van der Waals surface area contributed by atoms with Crippen LogP contribution in [0.1, 0.15) is 43.0 Å². The van der Waals surface area contributed by atoms with Gasteiger partial charge in [-0.25, -0.2) is 9.59 Å². The number of carbonyl (C=O) groups is 3. The second kappa shape index (κ2) is 8.63. The van der Waals surface area contributed by atoms with Crippen molar-refractivity contribution in [3.63, 3.8) is 0 Å². The van der Waals surface area contributed by atoms with Gasteiger partial charge in [0.05, 0.1) is 0 Å². The average Bonchev–Trinajstić information content (AvgIpc) is 3.16. The highest BCUT2D eigenvalue weighted by Crippen LogP contribution is 2.18. The number of thiophene rings is 1. The van der Waals surface area contributed by atoms with Gasteiger partial charge >= 0.3 is 12.0 Å². The summed E-state index contributed by atoms with van der Waals surface area (Å²) in [5.41, 5.74) is 1.07. The predicted octanol–water partition coefficient (Wildman–Crippen LogP) is 2.77. The third-order valence-corrected chi connectivity index (χ3v) is 4.85. The van der Waals surface area contributed by atoms with Gasteiger partial charge in [0.15, 0.2) is 6.10 Å². The van der Waals surface area contributed by atoms with Crippen LogP contribution in [-0.2, 0) is 14.3 Å². The number of urea groups is 1. The molecular weight excluding hydrogens is 328 g/mol. The Morgan fingerprint density at radius 1 is 1.33 bits per heavy atom. The minimum atomic E-state index is -1.04. The summed E-state index contributed by atoms with van der Waals surface area (Å²) in [5.74, 6) is -1.26. The summed E-state index contributed by atoms with van der Waals surface area (Å²) in [7, 11) is 0. The van der Waals surface area contributed by atoms with E-state index in [9.17, 15) is 14.4 Å². The maximum absolute atomic E-state index is 11.9. The predicted molar refractivity (Wildman–Crippen MR) is 92.6 cm³/mol. The Balaban J connectivity index is 1.75. The van der Waals surface area contributed by atoms with Gasteiger partial charge in [-0.2, -0.15) is 0 Å². The van der Waals surface area contributed by atoms with Gasteiger partial charge < -0.3 is 10.1 Å². The summed E-state index contributed by atoms with van der Waals surface area (Å²) < 4.78 is 5.01. The van der Waals surface area contributed by atoms with Gasteiger partial charge in [0.2, 0.25) is 0 Å². The van der Waals surface area contributed by atoms with E-state index in [0.29, 0.717) is 0 Å². The molecule has 6 nitrogen and oxygen atoms in total. The number of imide groups is 1. The number of ether oxygens (including phenoxy) is 1. The first-order chi connectivity index (χ1) is 11.5. The van der Waals surface area contributed by atoms with Crippen molar-refractivity contribution in [2.75, 3.05) is 0 Å². The summed E-state index contributed by atoms with van der Waals surface area (Å²) in [6.45, 7) is 3.38. The highest BCUT2D eigenvalue weighted by Gasteiger charge is 2.22. The summed E-state index contributed by atoms with van der Waals surface area (Å²) in [6.07, 6.45) is 5.92. The van der Waals surface area contributed by atoms with Crippen LogP contribution in [0.2, 0.25) is 0 Å². The largest absolute Gasteiger partial charge is 0.449 e. The first kappa shape index (κ1) is 18.2. The topological polar surface area (TPSA) is 84.5 Å². The summed E-state index contributed by atoms with van der Waals surface area (Å²) in [4.78, 5) is 36.3. The van der Waals surface area contributed by atoms with Crippen LogP contribution >= 0.6 is 11.3 Å². The monoisotopic (exact) mass is 350 g/mol. The van der Waals surface area contributed by atoms with Crippen LogP contribution in [-0.4, -0.2) is 30.1 Å². The highest BCUT2D eigenvalue weighted by molar-refractivity contribution is 7.11. The molecule has 0 saturated heterocycles. The fourth-order valence-electron chi connectivity index (χ4n) is 2.47.